The quantitative estimate of drug-likeness (QED) is 0.657. The van der Waals surface area contributed by atoms with E-state index in [9.17, 15) is 9.90 Å². The van der Waals surface area contributed by atoms with Crippen molar-refractivity contribution in [2.24, 2.45) is 5.92 Å². The molecular weight excluding hydrogens is 166 g/mol. The zero-order valence-electron chi connectivity index (χ0n) is 8.49. The molecule has 0 radical (unpaired) electrons. The van der Waals surface area contributed by atoms with E-state index in [0.29, 0.717) is 6.54 Å². The Balaban J connectivity index is 2.38. The number of aldehydes is 1. The van der Waals surface area contributed by atoms with Gasteiger partial charge in [-0.1, -0.05) is 0 Å². The van der Waals surface area contributed by atoms with Crippen LogP contribution in [0.2, 0.25) is 0 Å². The molecule has 0 amide bonds. The van der Waals surface area contributed by atoms with E-state index in [1.54, 1.807) is 13.8 Å². The fourth-order valence-electron chi connectivity index (χ4n) is 1.89. The lowest BCUT2D eigenvalue weighted by atomic mass is 9.98. The summed E-state index contributed by atoms with van der Waals surface area (Å²) >= 11 is 0. The van der Waals surface area contributed by atoms with Gasteiger partial charge in [0.1, 0.15) is 6.29 Å². The first kappa shape index (κ1) is 10.7. The van der Waals surface area contributed by atoms with Crippen LogP contribution in [-0.4, -0.2) is 41.5 Å². The minimum atomic E-state index is -0.648. The van der Waals surface area contributed by atoms with Crippen LogP contribution >= 0.6 is 0 Å². The van der Waals surface area contributed by atoms with Crippen molar-refractivity contribution in [2.45, 2.75) is 32.3 Å². The fourth-order valence-corrected chi connectivity index (χ4v) is 1.89. The molecule has 0 bridgehead atoms. The molecule has 76 valence electrons. The molecule has 1 aliphatic heterocycles. The first-order valence-corrected chi connectivity index (χ1v) is 4.91. The highest BCUT2D eigenvalue weighted by Crippen LogP contribution is 2.16. The van der Waals surface area contributed by atoms with Gasteiger partial charge in [0.25, 0.3) is 0 Å². The van der Waals surface area contributed by atoms with Crippen LogP contribution in [0.25, 0.3) is 0 Å². The largest absolute Gasteiger partial charge is 0.389 e. The third kappa shape index (κ3) is 3.87. The van der Waals surface area contributed by atoms with Crippen LogP contribution in [-0.2, 0) is 4.79 Å². The Bertz CT molecular complexity index is 174. The Hall–Kier alpha value is -0.410. The molecule has 1 unspecified atom stereocenters. The number of likely N-dealkylation sites (tertiary alicyclic amines) is 1. The Morgan fingerprint density at radius 2 is 2.31 bits per heavy atom. The number of carbonyl (C=O) groups is 1. The lowest BCUT2D eigenvalue weighted by molar-refractivity contribution is -0.113. The average molecular weight is 185 g/mol. The van der Waals surface area contributed by atoms with Gasteiger partial charge in [0.15, 0.2) is 0 Å². The molecule has 1 saturated heterocycles. The van der Waals surface area contributed by atoms with Crippen molar-refractivity contribution in [3.8, 4) is 0 Å². The van der Waals surface area contributed by atoms with Gasteiger partial charge in [-0.15, -0.1) is 0 Å². The topological polar surface area (TPSA) is 40.5 Å². The SMILES string of the molecule is CC(C)(O)CN1CCCC(C=O)C1. The summed E-state index contributed by atoms with van der Waals surface area (Å²) in [6, 6.07) is 0. The molecule has 13 heavy (non-hydrogen) atoms. The minimum absolute atomic E-state index is 0.177. The maximum absolute atomic E-state index is 10.6. The van der Waals surface area contributed by atoms with Gasteiger partial charge in [0.05, 0.1) is 5.60 Å². The Morgan fingerprint density at radius 1 is 1.62 bits per heavy atom. The van der Waals surface area contributed by atoms with Gasteiger partial charge >= 0.3 is 0 Å². The van der Waals surface area contributed by atoms with Crippen LogP contribution < -0.4 is 0 Å². The maximum Gasteiger partial charge on any atom is 0.124 e. The van der Waals surface area contributed by atoms with E-state index < -0.39 is 5.60 Å². The molecule has 1 fully saturated rings. The summed E-state index contributed by atoms with van der Waals surface area (Å²) in [4.78, 5) is 12.8. The van der Waals surface area contributed by atoms with Gasteiger partial charge in [-0.25, -0.2) is 0 Å². The molecule has 3 heteroatoms. The van der Waals surface area contributed by atoms with Gasteiger partial charge in [-0.05, 0) is 33.2 Å². The molecule has 1 aliphatic rings. The first-order valence-electron chi connectivity index (χ1n) is 4.91. The van der Waals surface area contributed by atoms with Crippen LogP contribution in [0.5, 0.6) is 0 Å². The standard InChI is InChI=1S/C10H19NO2/c1-10(2,13)8-11-5-3-4-9(6-11)7-12/h7,9,13H,3-6,8H2,1-2H3. The van der Waals surface area contributed by atoms with E-state index in [1.165, 1.54) is 0 Å². The predicted octanol–water partition coefficient (Wildman–Crippen LogP) is 0.668. The van der Waals surface area contributed by atoms with Crippen LogP contribution in [0.1, 0.15) is 26.7 Å². The van der Waals surface area contributed by atoms with Crippen molar-refractivity contribution in [1.29, 1.82) is 0 Å². The number of β-amino-alcohol motifs (C(OH)–C–C–N with tert-alkyl or cyclic N) is 1. The first-order chi connectivity index (χ1) is 6.01. The predicted molar refractivity (Wildman–Crippen MR) is 51.5 cm³/mol. The van der Waals surface area contributed by atoms with Crippen molar-refractivity contribution in [2.75, 3.05) is 19.6 Å². The van der Waals surface area contributed by atoms with E-state index in [2.05, 4.69) is 4.90 Å². The number of hydrogen-bond acceptors (Lipinski definition) is 3. The van der Waals surface area contributed by atoms with Crippen molar-refractivity contribution in [1.82, 2.24) is 4.90 Å². The summed E-state index contributed by atoms with van der Waals surface area (Å²) in [6.07, 6.45) is 3.11. The number of carbonyl (C=O) groups excluding carboxylic acids is 1. The Kier molecular flexibility index (Phi) is 3.45. The molecule has 1 heterocycles. The van der Waals surface area contributed by atoms with Gasteiger partial charge in [-0.2, -0.15) is 0 Å². The molecule has 0 aliphatic carbocycles. The van der Waals surface area contributed by atoms with Gasteiger partial charge in [0.2, 0.25) is 0 Å². The number of nitrogens with zero attached hydrogens (tertiary/aromatic N) is 1. The number of hydrogen-bond donors (Lipinski definition) is 1. The molecule has 1 N–H and O–H groups in total. The lowest BCUT2D eigenvalue weighted by Gasteiger charge is -2.34. The molecule has 3 nitrogen and oxygen atoms in total. The minimum Gasteiger partial charge on any atom is -0.389 e. The van der Waals surface area contributed by atoms with Crippen molar-refractivity contribution in [3.63, 3.8) is 0 Å². The third-order valence-corrected chi connectivity index (χ3v) is 2.34. The summed E-state index contributed by atoms with van der Waals surface area (Å²) in [5.74, 6) is 0.177. The summed E-state index contributed by atoms with van der Waals surface area (Å²) < 4.78 is 0. The van der Waals surface area contributed by atoms with Gasteiger partial charge in [0, 0.05) is 19.0 Å². The maximum atomic E-state index is 10.6. The van der Waals surface area contributed by atoms with Crippen LogP contribution in [0, 0.1) is 5.92 Å². The number of aliphatic hydroxyl groups is 1. The second kappa shape index (κ2) is 4.20. The molecule has 1 rings (SSSR count). The van der Waals surface area contributed by atoms with Crippen molar-refractivity contribution >= 4 is 6.29 Å². The van der Waals surface area contributed by atoms with Crippen molar-refractivity contribution in [3.05, 3.63) is 0 Å². The zero-order valence-corrected chi connectivity index (χ0v) is 8.49. The van der Waals surface area contributed by atoms with E-state index in [1.807, 2.05) is 0 Å². The van der Waals surface area contributed by atoms with Gasteiger partial charge < -0.3 is 9.90 Å². The van der Waals surface area contributed by atoms with Crippen LogP contribution in [0.4, 0.5) is 0 Å². The molecule has 0 aromatic heterocycles. The highest BCUT2D eigenvalue weighted by molar-refractivity contribution is 5.53. The summed E-state index contributed by atoms with van der Waals surface area (Å²) in [5, 5.41) is 9.60. The molecule has 0 aromatic rings. The molecule has 0 aromatic carbocycles. The number of rotatable bonds is 3. The van der Waals surface area contributed by atoms with E-state index in [4.69, 9.17) is 0 Å². The molecular formula is C10H19NO2. The summed E-state index contributed by atoms with van der Waals surface area (Å²) in [5.41, 5.74) is -0.648. The zero-order chi connectivity index (χ0) is 9.90. The highest BCUT2D eigenvalue weighted by Gasteiger charge is 2.23. The van der Waals surface area contributed by atoms with Gasteiger partial charge in [-0.3, -0.25) is 4.90 Å². The Morgan fingerprint density at radius 3 is 2.85 bits per heavy atom. The molecule has 0 saturated carbocycles. The lowest BCUT2D eigenvalue weighted by Crippen LogP contribution is -2.44. The highest BCUT2D eigenvalue weighted by atomic mass is 16.3. The summed E-state index contributed by atoms with van der Waals surface area (Å²) in [7, 11) is 0. The van der Waals surface area contributed by atoms with E-state index in [-0.39, 0.29) is 5.92 Å². The monoisotopic (exact) mass is 185 g/mol. The molecule has 1 atom stereocenters. The summed E-state index contributed by atoms with van der Waals surface area (Å²) in [6.45, 7) is 6.09. The number of piperidine rings is 1. The average Bonchev–Trinajstić information content (AvgIpc) is 2.01. The van der Waals surface area contributed by atoms with E-state index in [0.717, 1.165) is 32.2 Å². The normalized spacial score (nSPS) is 25.9. The Labute approximate surface area is 79.7 Å². The fraction of sp³-hybridized carbons (Fsp3) is 0.900. The van der Waals surface area contributed by atoms with E-state index >= 15 is 0 Å². The van der Waals surface area contributed by atoms with Crippen molar-refractivity contribution < 1.29 is 9.90 Å². The van der Waals surface area contributed by atoms with Crippen LogP contribution in [0.15, 0.2) is 0 Å². The third-order valence-electron chi connectivity index (χ3n) is 2.34. The molecule has 0 spiro atoms. The second-order valence-electron chi connectivity index (χ2n) is 4.59. The van der Waals surface area contributed by atoms with Crippen LogP contribution in [0.3, 0.4) is 0 Å². The second-order valence-corrected chi connectivity index (χ2v) is 4.59. The smallest absolute Gasteiger partial charge is 0.124 e.